The molecule has 13 nitrogen and oxygen atoms in total. The molecule has 6 rings (SSSR count). The van der Waals surface area contributed by atoms with Crippen molar-refractivity contribution in [3.05, 3.63) is 65.5 Å². The second-order valence-electron chi connectivity index (χ2n) is 9.47. The zero-order valence-electron chi connectivity index (χ0n) is 23.0. The predicted octanol–water partition coefficient (Wildman–Crippen LogP) is 1.21. The van der Waals surface area contributed by atoms with Gasteiger partial charge >= 0.3 is 0 Å². The quantitative estimate of drug-likeness (QED) is 0.392. The van der Waals surface area contributed by atoms with E-state index in [4.69, 9.17) is 28.8 Å². The first-order chi connectivity index (χ1) is 19.8. The number of methoxy groups -OCH3 is 2. The van der Waals surface area contributed by atoms with E-state index in [-0.39, 0.29) is 37.0 Å². The van der Waals surface area contributed by atoms with Crippen molar-refractivity contribution in [1.82, 2.24) is 25.3 Å². The summed E-state index contributed by atoms with van der Waals surface area (Å²) >= 11 is 0. The third-order valence-corrected chi connectivity index (χ3v) is 6.60. The van der Waals surface area contributed by atoms with Crippen LogP contribution in [0.25, 0.3) is 0 Å². The fraction of sp³-hybridized carbons (Fsp3) is 0.357. The molecule has 3 aliphatic heterocycles. The molecule has 0 aliphatic carbocycles. The smallest absolute Gasteiger partial charge is 0.290 e. The lowest BCUT2D eigenvalue weighted by Crippen LogP contribution is -2.45. The van der Waals surface area contributed by atoms with Crippen LogP contribution in [0.3, 0.4) is 0 Å². The Hall–Kier alpha value is -4.78. The van der Waals surface area contributed by atoms with E-state index in [1.807, 2.05) is 37.6 Å². The van der Waals surface area contributed by atoms with Gasteiger partial charge in [-0.05, 0) is 35.9 Å². The highest BCUT2D eigenvalue weighted by Crippen LogP contribution is 2.32. The first-order valence-electron chi connectivity index (χ1n) is 12.8. The summed E-state index contributed by atoms with van der Waals surface area (Å²) in [5, 5.41) is 17.1. The van der Waals surface area contributed by atoms with Gasteiger partial charge in [-0.15, -0.1) is 0 Å². The number of carboxylic acid groups (broad SMARTS) is 1. The Labute approximate surface area is 236 Å². The summed E-state index contributed by atoms with van der Waals surface area (Å²) in [5.74, 6) is 1.25. The van der Waals surface area contributed by atoms with Crippen LogP contribution in [0.1, 0.15) is 21.5 Å². The lowest BCUT2D eigenvalue weighted by atomic mass is 10.1. The number of carbonyl (C=O) groups is 3. The number of hydrogen-bond acceptors (Lipinski definition) is 9. The molecule has 2 amide bonds. The van der Waals surface area contributed by atoms with Gasteiger partial charge in [-0.2, -0.15) is 5.10 Å². The van der Waals surface area contributed by atoms with Gasteiger partial charge in [0.15, 0.2) is 29.6 Å². The molecular formula is C28H33N5O8. The first kappa shape index (κ1) is 29.2. The number of aryl methyl sites for hydroxylation is 1. The predicted molar refractivity (Wildman–Crippen MR) is 146 cm³/mol. The molecule has 4 bridgehead atoms. The maximum atomic E-state index is 13.3. The lowest BCUT2D eigenvalue weighted by Gasteiger charge is -2.23. The van der Waals surface area contributed by atoms with Crippen LogP contribution >= 0.6 is 0 Å². The van der Waals surface area contributed by atoms with Crippen molar-refractivity contribution in [3.63, 3.8) is 0 Å². The number of rotatable bonds is 4. The number of ether oxygens (including phenoxy) is 4. The molecule has 2 aromatic carbocycles. The van der Waals surface area contributed by atoms with Crippen molar-refractivity contribution < 1.29 is 38.4 Å². The van der Waals surface area contributed by atoms with Crippen molar-refractivity contribution in [2.45, 2.75) is 25.2 Å². The Morgan fingerprint density at radius 1 is 1.10 bits per heavy atom. The Kier molecular flexibility index (Phi) is 9.64. The van der Waals surface area contributed by atoms with Crippen molar-refractivity contribution in [2.75, 3.05) is 33.9 Å². The Bertz CT molecular complexity index is 1380. The Morgan fingerprint density at radius 2 is 1.88 bits per heavy atom. The van der Waals surface area contributed by atoms with Gasteiger partial charge in [0.25, 0.3) is 18.3 Å². The van der Waals surface area contributed by atoms with Crippen LogP contribution in [0, 0.1) is 0 Å². The van der Waals surface area contributed by atoms with Gasteiger partial charge in [-0.1, -0.05) is 6.07 Å². The molecule has 0 unspecified atom stereocenters. The van der Waals surface area contributed by atoms with Crippen molar-refractivity contribution in [2.24, 2.45) is 7.05 Å². The minimum atomic E-state index is -0.334. The topological polar surface area (TPSA) is 153 Å². The molecule has 3 aliphatic rings. The largest absolute Gasteiger partial charge is 0.493 e. The molecule has 3 aromatic rings. The number of nitrogens with zero attached hydrogens (tertiary/aromatic N) is 3. The fourth-order valence-electron chi connectivity index (χ4n) is 4.71. The van der Waals surface area contributed by atoms with Gasteiger partial charge in [-0.3, -0.25) is 24.0 Å². The number of fused-ring (bicyclic) bond motifs is 7. The zero-order chi connectivity index (χ0) is 29.4. The van der Waals surface area contributed by atoms with Crippen molar-refractivity contribution in [1.29, 1.82) is 0 Å². The van der Waals surface area contributed by atoms with Gasteiger partial charge in [0, 0.05) is 50.6 Å². The SMILES string of the molecule is COc1ccc2cc1OCC(=O)NCc1ccc(c(OC)c1)O[C@H]1CN(Cc3cnn(C)c3)C[C@@H]1NC2=O.O=CO. The molecule has 1 saturated heterocycles. The van der Waals surface area contributed by atoms with Gasteiger partial charge in [0.1, 0.15) is 6.10 Å². The molecule has 0 saturated carbocycles. The number of carbonyl (C=O) groups excluding carboxylic acids is 2. The van der Waals surface area contributed by atoms with Crippen LogP contribution in [0.2, 0.25) is 0 Å². The molecule has 41 heavy (non-hydrogen) atoms. The molecule has 1 fully saturated rings. The summed E-state index contributed by atoms with van der Waals surface area (Å²) in [6.07, 6.45) is 3.48. The molecule has 2 atom stereocenters. The average molecular weight is 568 g/mol. The summed E-state index contributed by atoms with van der Waals surface area (Å²) in [5.41, 5.74) is 2.31. The van der Waals surface area contributed by atoms with Crippen molar-refractivity contribution in [3.8, 4) is 23.0 Å². The van der Waals surface area contributed by atoms with E-state index in [1.165, 1.54) is 7.11 Å². The van der Waals surface area contributed by atoms with Gasteiger partial charge < -0.3 is 34.7 Å². The van der Waals surface area contributed by atoms with E-state index >= 15 is 0 Å². The highest BCUT2D eigenvalue weighted by atomic mass is 16.5. The average Bonchev–Trinajstić information content (AvgIpc) is 3.55. The summed E-state index contributed by atoms with van der Waals surface area (Å²) < 4.78 is 24.9. The second kappa shape index (κ2) is 13.5. The van der Waals surface area contributed by atoms with Gasteiger partial charge in [0.05, 0.1) is 26.5 Å². The van der Waals surface area contributed by atoms with E-state index in [0.717, 1.165) is 11.1 Å². The third kappa shape index (κ3) is 7.45. The standard InChI is InChI=1S/C27H31N5O6.CH2O2/c1-31-12-18(11-29-31)13-32-14-20-25(15-32)38-22-6-4-17(8-23(22)36-3)10-28-26(33)16-37-24-9-19(27(34)30-20)5-7-21(24)35-2;2-1-3/h4-9,11-12,20,25H,10,13-16H2,1-3H3,(H,28,33)(H,30,34);1H,(H,2,3)/t20-,25-;/m0./s1. The van der Waals surface area contributed by atoms with Crippen LogP contribution in [0.15, 0.2) is 48.8 Å². The van der Waals surface area contributed by atoms with Crippen LogP contribution in [0.5, 0.6) is 23.0 Å². The van der Waals surface area contributed by atoms with Crippen LogP contribution < -0.4 is 29.6 Å². The first-order valence-corrected chi connectivity index (χ1v) is 12.8. The maximum Gasteiger partial charge on any atom is 0.290 e. The minimum Gasteiger partial charge on any atom is -0.493 e. The van der Waals surface area contributed by atoms with E-state index in [9.17, 15) is 9.59 Å². The molecule has 3 N–H and O–H groups in total. The van der Waals surface area contributed by atoms with Crippen molar-refractivity contribution >= 4 is 18.3 Å². The number of benzene rings is 2. The maximum absolute atomic E-state index is 13.3. The molecular weight excluding hydrogens is 534 g/mol. The number of aromatic nitrogens is 2. The van der Waals surface area contributed by atoms with Crippen LogP contribution in [0.4, 0.5) is 0 Å². The molecule has 0 spiro atoms. The molecule has 1 aromatic heterocycles. The normalized spacial score (nSPS) is 18.8. The number of likely N-dealkylation sites (tertiary alicyclic amines) is 1. The van der Waals surface area contributed by atoms with Gasteiger partial charge in [0.2, 0.25) is 0 Å². The van der Waals surface area contributed by atoms with Gasteiger partial charge in [-0.25, -0.2) is 0 Å². The fourth-order valence-corrected chi connectivity index (χ4v) is 4.71. The van der Waals surface area contributed by atoms with E-state index in [0.29, 0.717) is 54.7 Å². The summed E-state index contributed by atoms with van der Waals surface area (Å²) in [6, 6.07) is 10.1. The lowest BCUT2D eigenvalue weighted by molar-refractivity contribution is -0.123. The molecule has 13 heteroatoms. The Morgan fingerprint density at radius 3 is 2.59 bits per heavy atom. The monoisotopic (exact) mass is 567 g/mol. The highest BCUT2D eigenvalue weighted by molar-refractivity contribution is 5.95. The van der Waals surface area contributed by atoms with Crippen LogP contribution in [-0.2, 0) is 29.7 Å². The number of hydrogen-bond donors (Lipinski definition) is 3. The zero-order valence-corrected chi connectivity index (χ0v) is 23.0. The molecule has 4 heterocycles. The minimum absolute atomic E-state index is 0.228. The number of nitrogens with one attached hydrogen (secondary N) is 2. The van der Waals surface area contributed by atoms with Crippen LogP contribution in [-0.4, -0.2) is 84.1 Å². The third-order valence-electron chi connectivity index (χ3n) is 6.60. The summed E-state index contributed by atoms with van der Waals surface area (Å²) in [6.45, 7) is 1.67. The van der Waals surface area contributed by atoms with E-state index in [2.05, 4.69) is 20.6 Å². The highest BCUT2D eigenvalue weighted by Gasteiger charge is 2.36. The molecule has 218 valence electrons. The summed E-state index contributed by atoms with van der Waals surface area (Å²) in [4.78, 5) is 36.4. The Balaban J connectivity index is 0.00000124. The summed E-state index contributed by atoms with van der Waals surface area (Å²) in [7, 11) is 4.96. The number of amides is 2. The molecule has 0 radical (unpaired) electrons. The van der Waals surface area contributed by atoms with E-state index in [1.54, 1.807) is 30.0 Å². The van der Waals surface area contributed by atoms with E-state index < -0.39 is 0 Å². The second-order valence-corrected chi connectivity index (χ2v) is 9.47.